The summed E-state index contributed by atoms with van der Waals surface area (Å²) in [7, 11) is 0. The van der Waals surface area contributed by atoms with Gasteiger partial charge in [-0.2, -0.15) is 0 Å². The van der Waals surface area contributed by atoms with Gasteiger partial charge in [0.05, 0.1) is 0 Å². The molecule has 0 radical (unpaired) electrons. The Labute approximate surface area is 129 Å². The minimum absolute atomic E-state index is 0. The molecule has 1 heterocycles. The minimum atomic E-state index is 0. The van der Waals surface area contributed by atoms with Crippen molar-refractivity contribution in [1.82, 2.24) is 4.90 Å². The number of nitrogens with two attached hydrogens (primary N) is 1. The van der Waals surface area contributed by atoms with Gasteiger partial charge in [-0.25, -0.2) is 0 Å². The van der Waals surface area contributed by atoms with Crippen LogP contribution in [0.15, 0.2) is 0 Å². The molecule has 0 aromatic rings. The number of hydrogen-bond acceptors (Lipinski definition) is 2. The molecule has 2 aliphatic carbocycles. The predicted molar refractivity (Wildman–Crippen MR) is 83.8 cm³/mol. The van der Waals surface area contributed by atoms with E-state index in [-0.39, 0.29) is 12.4 Å². The van der Waals surface area contributed by atoms with E-state index in [0.29, 0.717) is 23.8 Å². The molecule has 3 aliphatic rings. The summed E-state index contributed by atoms with van der Waals surface area (Å²) in [6.07, 6.45) is 9.19. The van der Waals surface area contributed by atoms with E-state index in [1.165, 1.54) is 38.5 Å². The van der Waals surface area contributed by atoms with E-state index in [2.05, 4.69) is 11.8 Å². The number of carbonyl (C=O) groups is 1. The smallest absolute Gasteiger partial charge is 0.226 e. The predicted octanol–water partition coefficient (Wildman–Crippen LogP) is 2.82. The van der Waals surface area contributed by atoms with Crippen LogP contribution in [0.3, 0.4) is 0 Å². The molecule has 3 fully saturated rings. The molecule has 116 valence electrons. The van der Waals surface area contributed by atoms with Gasteiger partial charge in [0.15, 0.2) is 0 Å². The van der Waals surface area contributed by atoms with E-state index in [1.807, 2.05) is 0 Å². The summed E-state index contributed by atoms with van der Waals surface area (Å²) in [6.45, 7) is 3.82. The van der Waals surface area contributed by atoms with Crippen molar-refractivity contribution in [3.63, 3.8) is 0 Å². The first-order valence-corrected chi connectivity index (χ1v) is 8.21. The van der Waals surface area contributed by atoms with Gasteiger partial charge >= 0.3 is 0 Å². The van der Waals surface area contributed by atoms with Crippen molar-refractivity contribution < 1.29 is 4.79 Å². The zero-order valence-electron chi connectivity index (χ0n) is 12.6. The van der Waals surface area contributed by atoms with Crippen LogP contribution in [0.2, 0.25) is 0 Å². The van der Waals surface area contributed by atoms with Gasteiger partial charge in [0.25, 0.3) is 0 Å². The number of amides is 1. The van der Waals surface area contributed by atoms with E-state index >= 15 is 0 Å². The maximum atomic E-state index is 12.6. The van der Waals surface area contributed by atoms with Gasteiger partial charge in [0.1, 0.15) is 0 Å². The number of likely N-dealkylation sites (tertiary alicyclic amines) is 1. The molecule has 0 aromatic carbocycles. The number of carbonyl (C=O) groups excluding carboxylic acids is 1. The second-order valence-corrected chi connectivity index (χ2v) is 7.08. The second-order valence-electron chi connectivity index (χ2n) is 7.08. The molecule has 20 heavy (non-hydrogen) atoms. The maximum Gasteiger partial charge on any atom is 0.226 e. The van der Waals surface area contributed by atoms with Gasteiger partial charge in [-0.15, -0.1) is 12.4 Å². The lowest BCUT2D eigenvalue weighted by Crippen LogP contribution is -2.36. The maximum absolute atomic E-state index is 12.6. The molecule has 0 bridgehead atoms. The summed E-state index contributed by atoms with van der Waals surface area (Å²) >= 11 is 0. The summed E-state index contributed by atoms with van der Waals surface area (Å²) in [5, 5.41) is 0. The van der Waals surface area contributed by atoms with Gasteiger partial charge in [-0.05, 0) is 44.1 Å². The third kappa shape index (κ3) is 3.14. The Morgan fingerprint density at radius 3 is 2.50 bits per heavy atom. The number of halogens is 1. The Kier molecular flexibility index (Phi) is 5.36. The Balaban J connectivity index is 0.00000147. The molecule has 0 spiro atoms. The average molecular weight is 301 g/mol. The van der Waals surface area contributed by atoms with Crippen molar-refractivity contribution in [3.05, 3.63) is 0 Å². The van der Waals surface area contributed by atoms with E-state index < -0.39 is 0 Å². The highest BCUT2D eigenvalue weighted by molar-refractivity contribution is 5.85. The molecular weight excluding hydrogens is 272 g/mol. The van der Waals surface area contributed by atoms with Crippen LogP contribution in [0.25, 0.3) is 0 Å². The van der Waals surface area contributed by atoms with E-state index in [1.54, 1.807) is 0 Å². The zero-order chi connectivity index (χ0) is 13.4. The SMILES string of the molecule is CC1CC(CN)CN1C(=O)C1CC1C1CCCCC1.Cl. The number of hydrogen-bond donors (Lipinski definition) is 1. The molecule has 2 N–H and O–H groups in total. The lowest BCUT2D eigenvalue weighted by molar-refractivity contribution is -0.133. The fourth-order valence-corrected chi connectivity index (χ4v) is 4.42. The van der Waals surface area contributed by atoms with Crippen LogP contribution >= 0.6 is 12.4 Å². The Morgan fingerprint density at radius 1 is 1.20 bits per heavy atom. The summed E-state index contributed by atoms with van der Waals surface area (Å²) in [6, 6.07) is 0.411. The quantitative estimate of drug-likeness (QED) is 0.871. The summed E-state index contributed by atoms with van der Waals surface area (Å²) < 4.78 is 0. The third-order valence-corrected chi connectivity index (χ3v) is 5.69. The van der Waals surface area contributed by atoms with Gasteiger partial charge in [-0.3, -0.25) is 4.79 Å². The summed E-state index contributed by atoms with van der Waals surface area (Å²) in [5.74, 6) is 2.91. The van der Waals surface area contributed by atoms with Crippen LogP contribution in [0, 0.1) is 23.7 Å². The first-order valence-electron chi connectivity index (χ1n) is 8.21. The molecule has 4 unspecified atom stereocenters. The van der Waals surface area contributed by atoms with Crippen LogP contribution in [-0.2, 0) is 4.79 Å². The van der Waals surface area contributed by atoms with E-state index in [9.17, 15) is 4.79 Å². The average Bonchev–Trinajstić information content (AvgIpc) is 3.16. The van der Waals surface area contributed by atoms with Crippen molar-refractivity contribution in [2.75, 3.05) is 13.1 Å². The van der Waals surface area contributed by atoms with Gasteiger partial charge in [0.2, 0.25) is 5.91 Å². The molecule has 1 aliphatic heterocycles. The molecule has 1 saturated heterocycles. The second kappa shape index (κ2) is 6.65. The standard InChI is InChI=1S/C16H28N2O.ClH/c1-11-7-12(9-17)10-18(11)16(19)15-8-14(15)13-5-3-2-4-6-13;/h11-15H,2-10,17H2,1H3;1H. The van der Waals surface area contributed by atoms with Crippen LogP contribution in [0.4, 0.5) is 0 Å². The van der Waals surface area contributed by atoms with E-state index in [0.717, 1.165) is 31.3 Å². The minimum Gasteiger partial charge on any atom is -0.339 e. The topological polar surface area (TPSA) is 46.3 Å². The highest BCUT2D eigenvalue weighted by atomic mass is 35.5. The zero-order valence-corrected chi connectivity index (χ0v) is 13.4. The van der Waals surface area contributed by atoms with Crippen molar-refractivity contribution in [1.29, 1.82) is 0 Å². The first kappa shape index (κ1) is 16.1. The number of nitrogens with zero attached hydrogens (tertiary/aromatic N) is 1. The van der Waals surface area contributed by atoms with Crippen LogP contribution < -0.4 is 5.73 Å². The lowest BCUT2D eigenvalue weighted by Gasteiger charge is -2.24. The highest BCUT2D eigenvalue weighted by Gasteiger charge is 2.50. The fraction of sp³-hybridized carbons (Fsp3) is 0.938. The van der Waals surface area contributed by atoms with E-state index in [4.69, 9.17) is 5.73 Å². The highest BCUT2D eigenvalue weighted by Crippen LogP contribution is 2.50. The van der Waals surface area contributed by atoms with Crippen LogP contribution in [0.1, 0.15) is 51.9 Å². The summed E-state index contributed by atoms with van der Waals surface area (Å²) in [5.41, 5.74) is 5.76. The van der Waals surface area contributed by atoms with Crippen molar-refractivity contribution in [2.24, 2.45) is 29.4 Å². The molecule has 4 atom stereocenters. The molecule has 1 amide bonds. The number of rotatable bonds is 3. The molecular formula is C16H29ClN2O. The van der Waals surface area contributed by atoms with Gasteiger partial charge in [-0.1, -0.05) is 32.1 Å². The monoisotopic (exact) mass is 300 g/mol. The molecule has 4 heteroatoms. The fourth-order valence-electron chi connectivity index (χ4n) is 4.42. The first-order chi connectivity index (χ1) is 9.20. The van der Waals surface area contributed by atoms with Gasteiger partial charge in [0, 0.05) is 18.5 Å². The van der Waals surface area contributed by atoms with Crippen molar-refractivity contribution in [3.8, 4) is 0 Å². The largest absolute Gasteiger partial charge is 0.339 e. The molecule has 2 saturated carbocycles. The van der Waals surface area contributed by atoms with Crippen LogP contribution in [0.5, 0.6) is 0 Å². The van der Waals surface area contributed by atoms with Crippen LogP contribution in [-0.4, -0.2) is 29.9 Å². The molecule has 0 aromatic heterocycles. The van der Waals surface area contributed by atoms with Crippen molar-refractivity contribution in [2.45, 2.75) is 57.9 Å². The molecule has 3 rings (SSSR count). The summed E-state index contributed by atoms with van der Waals surface area (Å²) in [4.78, 5) is 14.7. The van der Waals surface area contributed by atoms with Crippen molar-refractivity contribution >= 4 is 18.3 Å². The third-order valence-electron chi connectivity index (χ3n) is 5.69. The lowest BCUT2D eigenvalue weighted by atomic mass is 9.85. The Bertz CT molecular complexity index is 343. The molecule has 3 nitrogen and oxygen atoms in total. The normalized spacial score (nSPS) is 37.6. The Morgan fingerprint density at radius 2 is 1.90 bits per heavy atom. The van der Waals surface area contributed by atoms with Gasteiger partial charge < -0.3 is 10.6 Å². The Hall–Kier alpha value is -0.280.